The van der Waals surface area contributed by atoms with Crippen molar-refractivity contribution in [1.82, 2.24) is 10.2 Å². The Bertz CT molecular complexity index is 276. The Hall–Kier alpha value is -1.06. The molecule has 1 saturated heterocycles. The second kappa shape index (κ2) is 6.03. The summed E-state index contributed by atoms with van der Waals surface area (Å²) in [5, 5.41) is 2.86. The van der Waals surface area contributed by atoms with Gasteiger partial charge in [0, 0.05) is 31.5 Å². The number of rotatable bonds is 4. The monoisotopic (exact) mass is 240 g/mol. The van der Waals surface area contributed by atoms with E-state index in [1.807, 2.05) is 25.7 Å². The first-order chi connectivity index (χ1) is 7.91. The summed E-state index contributed by atoms with van der Waals surface area (Å²) in [5.74, 6) is 0.277. The smallest absolute Gasteiger partial charge is 0.225 e. The van der Waals surface area contributed by atoms with E-state index < -0.39 is 0 Å². The van der Waals surface area contributed by atoms with Crippen LogP contribution in [0.2, 0.25) is 0 Å². The second-order valence-electron chi connectivity index (χ2n) is 5.70. The van der Waals surface area contributed by atoms with Crippen LogP contribution in [0.4, 0.5) is 0 Å². The number of hydrogen-bond acceptors (Lipinski definition) is 2. The van der Waals surface area contributed by atoms with E-state index in [0.717, 1.165) is 32.4 Å². The van der Waals surface area contributed by atoms with E-state index in [1.165, 1.54) is 0 Å². The number of carbonyl (C=O) groups is 2. The van der Waals surface area contributed by atoms with Crippen molar-refractivity contribution in [2.24, 2.45) is 5.41 Å². The van der Waals surface area contributed by atoms with E-state index >= 15 is 0 Å². The predicted octanol–water partition coefficient (Wildman–Crippen LogP) is 1.55. The van der Waals surface area contributed by atoms with Crippen LogP contribution in [-0.4, -0.2) is 36.3 Å². The van der Waals surface area contributed by atoms with Gasteiger partial charge in [-0.15, -0.1) is 0 Å². The third-order valence-corrected chi connectivity index (χ3v) is 2.99. The largest absolute Gasteiger partial charge is 0.356 e. The van der Waals surface area contributed by atoms with Crippen molar-refractivity contribution in [3.05, 3.63) is 0 Å². The van der Waals surface area contributed by atoms with Crippen molar-refractivity contribution in [1.29, 1.82) is 0 Å². The van der Waals surface area contributed by atoms with Crippen LogP contribution in [0, 0.1) is 5.41 Å². The quantitative estimate of drug-likeness (QED) is 0.758. The van der Waals surface area contributed by atoms with Crippen LogP contribution in [0.5, 0.6) is 0 Å². The highest BCUT2D eigenvalue weighted by atomic mass is 16.2. The molecule has 2 amide bonds. The summed E-state index contributed by atoms with van der Waals surface area (Å²) in [6.45, 7) is 8.07. The van der Waals surface area contributed by atoms with Crippen molar-refractivity contribution in [2.75, 3.05) is 19.6 Å². The molecule has 0 aromatic rings. The molecule has 0 saturated carbocycles. The Morgan fingerprint density at radius 2 is 1.76 bits per heavy atom. The maximum atomic E-state index is 11.7. The molecule has 17 heavy (non-hydrogen) atoms. The van der Waals surface area contributed by atoms with Gasteiger partial charge < -0.3 is 10.2 Å². The first-order valence-electron chi connectivity index (χ1n) is 6.47. The Balaban J connectivity index is 2.11. The molecule has 0 atom stereocenters. The maximum Gasteiger partial charge on any atom is 0.225 e. The number of hydrogen-bond donors (Lipinski definition) is 1. The molecule has 98 valence electrons. The SMILES string of the molecule is CC(C)(C)C(=O)NCCCC(=O)N1CCCC1. The minimum Gasteiger partial charge on any atom is -0.356 e. The lowest BCUT2D eigenvalue weighted by atomic mass is 9.96. The molecule has 1 heterocycles. The lowest BCUT2D eigenvalue weighted by Crippen LogP contribution is -2.36. The highest BCUT2D eigenvalue weighted by Crippen LogP contribution is 2.12. The third-order valence-electron chi connectivity index (χ3n) is 2.99. The number of carbonyl (C=O) groups excluding carboxylic acids is 2. The Morgan fingerprint density at radius 1 is 1.18 bits per heavy atom. The van der Waals surface area contributed by atoms with Crippen LogP contribution in [-0.2, 0) is 9.59 Å². The molecule has 0 bridgehead atoms. The lowest BCUT2D eigenvalue weighted by molar-refractivity contribution is -0.131. The average Bonchev–Trinajstić information content (AvgIpc) is 2.75. The minimum atomic E-state index is -0.348. The molecule has 1 fully saturated rings. The zero-order valence-corrected chi connectivity index (χ0v) is 11.2. The van der Waals surface area contributed by atoms with Crippen LogP contribution in [0.3, 0.4) is 0 Å². The van der Waals surface area contributed by atoms with Crippen LogP contribution in [0.1, 0.15) is 46.5 Å². The summed E-state index contributed by atoms with van der Waals surface area (Å²) in [5.41, 5.74) is -0.348. The van der Waals surface area contributed by atoms with Gasteiger partial charge in [-0.25, -0.2) is 0 Å². The maximum absolute atomic E-state index is 11.7. The normalized spacial score (nSPS) is 16.1. The molecule has 4 heteroatoms. The molecule has 0 unspecified atom stereocenters. The number of nitrogens with one attached hydrogen (secondary N) is 1. The average molecular weight is 240 g/mol. The van der Waals surface area contributed by atoms with E-state index in [9.17, 15) is 9.59 Å². The predicted molar refractivity (Wildman–Crippen MR) is 67.5 cm³/mol. The van der Waals surface area contributed by atoms with Crippen molar-refractivity contribution >= 4 is 11.8 Å². The minimum absolute atomic E-state index is 0.0473. The van der Waals surface area contributed by atoms with Gasteiger partial charge in [0.25, 0.3) is 0 Å². The van der Waals surface area contributed by atoms with Crippen LogP contribution in [0.15, 0.2) is 0 Å². The second-order valence-corrected chi connectivity index (χ2v) is 5.70. The molecule has 0 aromatic carbocycles. The van der Waals surface area contributed by atoms with Crippen molar-refractivity contribution in [2.45, 2.75) is 46.5 Å². The van der Waals surface area contributed by atoms with Gasteiger partial charge in [0.15, 0.2) is 0 Å². The molecule has 4 nitrogen and oxygen atoms in total. The third kappa shape index (κ3) is 4.75. The number of amides is 2. The zero-order chi connectivity index (χ0) is 12.9. The zero-order valence-electron chi connectivity index (χ0n) is 11.2. The molecule has 1 aliphatic rings. The summed E-state index contributed by atoms with van der Waals surface area (Å²) in [6, 6.07) is 0. The molecule has 0 aliphatic carbocycles. The first-order valence-corrected chi connectivity index (χ1v) is 6.47. The highest BCUT2D eigenvalue weighted by molar-refractivity contribution is 5.81. The molecule has 1 rings (SSSR count). The molecule has 0 aromatic heterocycles. The first kappa shape index (κ1) is 14.0. The van der Waals surface area contributed by atoms with Gasteiger partial charge >= 0.3 is 0 Å². The molecule has 1 aliphatic heterocycles. The molecular weight excluding hydrogens is 216 g/mol. The fraction of sp³-hybridized carbons (Fsp3) is 0.846. The van der Waals surface area contributed by atoms with Gasteiger partial charge in [0.05, 0.1) is 0 Å². The summed E-state index contributed by atoms with van der Waals surface area (Å²) in [4.78, 5) is 25.2. The van der Waals surface area contributed by atoms with E-state index in [0.29, 0.717) is 13.0 Å². The van der Waals surface area contributed by atoms with E-state index in [4.69, 9.17) is 0 Å². The number of nitrogens with zero attached hydrogens (tertiary/aromatic N) is 1. The molecular formula is C13H24N2O2. The van der Waals surface area contributed by atoms with Crippen molar-refractivity contribution < 1.29 is 9.59 Å². The molecule has 0 radical (unpaired) electrons. The standard InChI is InChI=1S/C13H24N2O2/c1-13(2,3)12(17)14-8-6-7-11(16)15-9-4-5-10-15/h4-10H2,1-3H3,(H,14,17). The lowest BCUT2D eigenvalue weighted by Gasteiger charge is -2.18. The highest BCUT2D eigenvalue weighted by Gasteiger charge is 2.21. The summed E-state index contributed by atoms with van der Waals surface area (Å²) in [6.07, 6.45) is 3.54. The summed E-state index contributed by atoms with van der Waals surface area (Å²) < 4.78 is 0. The van der Waals surface area contributed by atoms with E-state index in [1.54, 1.807) is 0 Å². The van der Waals surface area contributed by atoms with Gasteiger partial charge in [-0.05, 0) is 19.3 Å². The van der Waals surface area contributed by atoms with Crippen molar-refractivity contribution in [3.63, 3.8) is 0 Å². The molecule has 1 N–H and O–H groups in total. The Labute approximate surface area is 104 Å². The number of likely N-dealkylation sites (tertiary alicyclic amines) is 1. The fourth-order valence-corrected chi connectivity index (χ4v) is 1.83. The van der Waals surface area contributed by atoms with Crippen LogP contribution < -0.4 is 5.32 Å². The van der Waals surface area contributed by atoms with Gasteiger partial charge in [0.2, 0.25) is 11.8 Å². The van der Waals surface area contributed by atoms with Crippen molar-refractivity contribution in [3.8, 4) is 0 Å². The van der Waals surface area contributed by atoms with Crippen LogP contribution in [0.25, 0.3) is 0 Å². The van der Waals surface area contributed by atoms with Crippen LogP contribution >= 0.6 is 0 Å². The Morgan fingerprint density at radius 3 is 2.29 bits per heavy atom. The topological polar surface area (TPSA) is 49.4 Å². The van der Waals surface area contributed by atoms with Gasteiger partial charge in [0.1, 0.15) is 0 Å². The summed E-state index contributed by atoms with van der Waals surface area (Å²) in [7, 11) is 0. The van der Waals surface area contributed by atoms with E-state index in [-0.39, 0.29) is 17.2 Å². The Kier molecular flexibility index (Phi) is 4.97. The molecule has 0 spiro atoms. The van der Waals surface area contributed by atoms with Gasteiger partial charge in [-0.2, -0.15) is 0 Å². The fourth-order valence-electron chi connectivity index (χ4n) is 1.83. The van der Waals surface area contributed by atoms with Gasteiger partial charge in [-0.1, -0.05) is 20.8 Å². The summed E-state index contributed by atoms with van der Waals surface area (Å²) >= 11 is 0. The van der Waals surface area contributed by atoms with E-state index in [2.05, 4.69) is 5.32 Å². The van der Waals surface area contributed by atoms with Gasteiger partial charge in [-0.3, -0.25) is 9.59 Å².